The molecular weight excluding hydrogens is 263 g/mol. The van der Waals surface area contributed by atoms with Crippen molar-refractivity contribution in [2.75, 3.05) is 0 Å². The van der Waals surface area contributed by atoms with Gasteiger partial charge >= 0.3 is 0 Å². The first-order valence-corrected chi connectivity index (χ1v) is 7.47. The summed E-state index contributed by atoms with van der Waals surface area (Å²) in [5.41, 5.74) is 0.456. The zero-order valence-electron chi connectivity index (χ0n) is 11.9. The van der Waals surface area contributed by atoms with E-state index in [1.807, 2.05) is 0 Å². The van der Waals surface area contributed by atoms with E-state index in [-0.39, 0.29) is 0 Å². The van der Waals surface area contributed by atoms with E-state index < -0.39 is 17.5 Å². The molecule has 1 N–H and O–H groups in total. The molecule has 0 atom stereocenters. The third-order valence-corrected chi connectivity index (χ3v) is 4.18. The Hall–Kier alpha value is -1.03. The molecular formula is C16H22F3N. The molecule has 112 valence electrons. The Morgan fingerprint density at radius 1 is 1.05 bits per heavy atom. The standard InChI is InChI=1S/C16H22F3N/c1-2-3-11-4-6-13(7-5-11)20-10-12-8-14(17)16(19)15(18)9-12/h8-9,11,13,20H,2-7,10H2,1H3. The highest BCUT2D eigenvalue weighted by atomic mass is 19.2. The lowest BCUT2D eigenvalue weighted by atomic mass is 9.83. The highest BCUT2D eigenvalue weighted by molar-refractivity contribution is 5.19. The van der Waals surface area contributed by atoms with Crippen LogP contribution in [0, 0.1) is 23.4 Å². The number of nitrogens with one attached hydrogen (secondary N) is 1. The summed E-state index contributed by atoms with van der Waals surface area (Å²) in [6.45, 7) is 2.60. The number of rotatable bonds is 5. The van der Waals surface area contributed by atoms with Crippen molar-refractivity contribution >= 4 is 0 Å². The Kier molecular flexibility index (Phi) is 5.46. The molecule has 0 amide bonds. The Morgan fingerprint density at radius 3 is 2.20 bits per heavy atom. The van der Waals surface area contributed by atoms with Crippen LogP contribution in [0.5, 0.6) is 0 Å². The van der Waals surface area contributed by atoms with E-state index in [1.54, 1.807) is 0 Å². The minimum Gasteiger partial charge on any atom is -0.310 e. The van der Waals surface area contributed by atoms with Gasteiger partial charge in [-0.2, -0.15) is 0 Å². The average Bonchev–Trinajstić information content (AvgIpc) is 2.44. The predicted octanol–water partition coefficient (Wildman–Crippen LogP) is 4.55. The van der Waals surface area contributed by atoms with E-state index in [1.165, 1.54) is 25.7 Å². The van der Waals surface area contributed by atoms with Crippen LogP contribution in [0.2, 0.25) is 0 Å². The molecule has 0 bridgehead atoms. The van der Waals surface area contributed by atoms with Crippen LogP contribution in [0.25, 0.3) is 0 Å². The van der Waals surface area contributed by atoms with Crippen molar-refractivity contribution in [1.29, 1.82) is 0 Å². The summed E-state index contributed by atoms with van der Waals surface area (Å²) >= 11 is 0. The molecule has 1 aliphatic rings. The monoisotopic (exact) mass is 285 g/mol. The van der Waals surface area contributed by atoms with E-state index in [0.717, 1.165) is 30.9 Å². The zero-order valence-corrected chi connectivity index (χ0v) is 11.9. The fraction of sp³-hybridized carbons (Fsp3) is 0.625. The SMILES string of the molecule is CCCC1CCC(NCc2cc(F)c(F)c(F)c2)CC1. The van der Waals surface area contributed by atoms with Gasteiger partial charge in [-0.25, -0.2) is 13.2 Å². The normalized spacial score (nSPS) is 23.0. The molecule has 0 saturated heterocycles. The fourth-order valence-electron chi connectivity index (χ4n) is 3.04. The van der Waals surface area contributed by atoms with Crippen LogP contribution in [-0.4, -0.2) is 6.04 Å². The van der Waals surface area contributed by atoms with Gasteiger partial charge in [0.05, 0.1) is 0 Å². The molecule has 0 radical (unpaired) electrons. The lowest BCUT2D eigenvalue weighted by molar-refractivity contribution is 0.277. The van der Waals surface area contributed by atoms with Crippen molar-refractivity contribution < 1.29 is 13.2 Å². The molecule has 1 aromatic rings. The van der Waals surface area contributed by atoms with Gasteiger partial charge in [-0.15, -0.1) is 0 Å². The Balaban J connectivity index is 1.82. The summed E-state index contributed by atoms with van der Waals surface area (Å²) in [6, 6.07) is 2.53. The van der Waals surface area contributed by atoms with E-state index in [4.69, 9.17) is 0 Å². The van der Waals surface area contributed by atoms with Gasteiger partial charge in [-0.1, -0.05) is 19.8 Å². The first kappa shape index (κ1) is 15.4. The molecule has 4 heteroatoms. The van der Waals surface area contributed by atoms with Gasteiger partial charge in [0.25, 0.3) is 0 Å². The van der Waals surface area contributed by atoms with Crippen molar-refractivity contribution in [3.63, 3.8) is 0 Å². The second kappa shape index (κ2) is 7.11. The van der Waals surface area contributed by atoms with Gasteiger partial charge in [0.2, 0.25) is 0 Å². The van der Waals surface area contributed by atoms with Crippen molar-refractivity contribution in [3.05, 3.63) is 35.1 Å². The molecule has 2 rings (SSSR count). The molecule has 20 heavy (non-hydrogen) atoms. The topological polar surface area (TPSA) is 12.0 Å². The first-order valence-electron chi connectivity index (χ1n) is 7.47. The van der Waals surface area contributed by atoms with E-state index in [0.29, 0.717) is 18.2 Å². The Labute approximate surface area is 118 Å². The second-order valence-corrected chi connectivity index (χ2v) is 5.76. The molecule has 1 aliphatic carbocycles. The summed E-state index contributed by atoms with van der Waals surface area (Å²) in [5.74, 6) is -2.80. The molecule has 0 unspecified atom stereocenters. The van der Waals surface area contributed by atoms with E-state index in [2.05, 4.69) is 12.2 Å². The first-order chi connectivity index (χ1) is 9.60. The highest BCUT2D eigenvalue weighted by Crippen LogP contribution is 2.27. The van der Waals surface area contributed by atoms with Gasteiger partial charge in [-0.3, -0.25) is 0 Å². The van der Waals surface area contributed by atoms with Crippen molar-refractivity contribution in [3.8, 4) is 0 Å². The van der Waals surface area contributed by atoms with Gasteiger partial charge in [0.1, 0.15) is 0 Å². The van der Waals surface area contributed by atoms with Gasteiger partial charge < -0.3 is 5.32 Å². The fourth-order valence-corrected chi connectivity index (χ4v) is 3.04. The van der Waals surface area contributed by atoms with Crippen LogP contribution < -0.4 is 5.32 Å². The van der Waals surface area contributed by atoms with Crippen LogP contribution in [0.1, 0.15) is 51.0 Å². The highest BCUT2D eigenvalue weighted by Gasteiger charge is 2.20. The maximum atomic E-state index is 13.1. The summed E-state index contributed by atoms with van der Waals surface area (Å²) < 4.78 is 39.0. The van der Waals surface area contributed by atoms with Crippen molar-refractivity contribution in [2.45, 2.75) is 58.0 Å². The zero-order chi connectivity index (χ0) is 14.5. The number of halogens is 3. The molecule has 0 aliphatic heterocycles. The predicted molar refractivity (Wildman–Crippen MR) is 73.8 cm³/mol. The van der Waals surface area contributed by atoms with Gasteiger partial charge in [0.15, 0.2) is 17.5 Å². The summed E-state index contributed by atoms with van der Waals surface area (Å²) in [5, 5.41) is 3.32. The molecule has 1 nitrogen and oxygen atoms in total. The average molecular weight is 285 g/mol. The maximum Gasteiger partial charge on any atom is 0.194 e. The lowest BCUT2D eigenvalue weighted by Gasteiger charge is -2.29. The van der Waals surface area contributed by atoms with Crippen LogP contribution in [0.4, 0.5) is 13.2 Å². The van der Waals surface area contributed by atoms with Crippen LogP contribution in [-0.2, 0) is 6.54 Å². The van der Waals surface area contributed by atoms with Crippen LogP contribution in [0.3, 0.4) is 0 Å². The largest absolute Gasteiger partial charge is 0.310 e. The summed E-state index contributed by atoms with van der Waals surface area (Å²) in [7, 11) is 0. The maximum absolute atomic E-state index is 13.1. The van der Waals surface area contributed by atoms with Crippen molar-refractivity contribution in [1.82, 2.24) is 5.32 Å². The van der Waals surface area contributed by atoms with Crippen LogP contribution in [0.15, 0.2) is 12.1 Å². The van der Waals surface area contributed by atoms with E-state index in [9.17, 15) is 13.2 Å². The van der Waals surface area contributed by atoms with Gasteiger partial charge in [0, 0.05) is 12.6 Å². The molecule has 1 aromatic carbocycles. The molecule has 1 saturated carbocycles. The molecule has 0 heterocycles. The number of benzene rings is 1. The van der Waals surface area contributed by atoms with Gasteiger partial charge in [-0.05, 0) is 49.3 Å². The lowest BCUT2D eigenvalue weighted by Crippen LogP contribution is -2.32. The minimum atomic E-state index is -1.39. The third kappa shape index (κ3) is 3.98. The third-order valence-electron chi connectivity index (χ3n) is 4.18. The minimum absolute atomic E-state index is 0.386. The smallest absolute Gasteiger partial charge is 0.194 e. The summed E-state index contributed by atoms with van der Waals surface area (Å²) in [4.78, 5) is 0. The van der Waals surface area contributed by atoms with Crippen molar-refractivity contribution in [2.24, 2.45) is 5.92 Å². The Bertz CT molecular complexity index is 416. The molecule has 1 fully saturated rings. The number of hydrogen-bond donors (Lipinski definition) is 1. The number of hydrogen-bond acceptors (Lipinski definition) is 1. The quantitative estimate of drug-likeness (QED) is 0.782. The van der Waals surface area contributed by atoms with E-state index >= 15 is 0 Å². The van der Waals surface area contributed by atoms with Crippen LogP contribution >= 0.6 is 0 Å². The second-order valence-electron chi connectivity index (χ2n) is 5.76. The summed E-state index contributed by atoms with van der Waals surface area (Å²) in [6.07, 6.45) is 7.18. The Morgan fingerprint density at radius 2 is 1.65 bits per heavy atom. The molecule has 0 aromatic heterocycles. The molecule has 0 spiro atoms.